The lowest BCUT2D eigenvalue weighted by atomic mass is 9.90. The van der Waals surface area contributed by atoms with Gasteiger partial charge in [0.2, 0.25) is 0 Å². The summed E-state index contributed by atoms with van der Waals surface area (Å²) in [4.78, 5) is 13.1. The maximum atomic E-state index is 11.0. The lowest BCUT2D eigenvalue weighted by molar-refractivity contribution is -0.385. The molecule has 1 aromatic carbocycles. The molecule has 0 amide bonds. The van der Waals surface area contributed by atoms with E-state index in [0.29, 0.717) is 16.4 Å². The first-order chi connectivity index (χ1) is 10.0. The second kappa shape index (κ2) is 7.22. The van der Waals surface area contributed by atoms with Crippen molar-refractivity contribution in [1.82, 2.24) is 4.90 Å². The monoisotopic (exact) mass is 355 g/mol. The van der Waals surface area contributed by atoms with Crippen molar-refractivity contribution in [1.29, 1.82) is 0 Å². The SMILES string of the molecule is CCN1CCC(C(C)Nc2ccc(Br)c([N+](=O)[O-])c2)CC1. The summed E-state index contributed by atoms with van der Waals surface area (Å²) in [6, 6.07) is 5.54. The molecule has 0 radical (unpaired) electrons. The summed E-state index contributed by atoms with van der Waals surface area (Å²) < 4.78 is 0.516. The topological polar surface area (TPSA) is 58.4 Å². The van der Waals surface area contributed by atoms with E-state index < -0.39 is 0 Å². The number of anilines is 1. The summed E-state index contributed by atoms with van der Waals surface area (Å²) in [5.41, 5.74) is 0.920. The van der Waals surface area contributed by atoms with E-state index in [1.807, 2.05) is 6.07 Å². The molecule has 1 aliphatic heterocycles. The Bertz CT molecular complexity index is 502. The van der Waals surface area contributed by atoms with Crippen molar-refractivity contribution in [2.75, 3.05) is 25.0 Å². The molecule has 1 atom stereocenters. The predicted molar refractivity (Wildman–Crippen MR) is 88.7 cm³/mol. The van der Waals surface area contributed by atoms with Gasteiger partial charge >= 0.3 is 0 Å². The van der Waals surface area contributed by atoms with Crippen molar-refractivity contribution in [3.63, 3.8) is 0 Å². The van der Waals surface area contributed by atoms with Crippen LogP contribution in [0.5, 0.6) is 0 Å². The van der Waals surface area contributed by atoms with Crippen molar-refractivity contribution in [2.45, 2.75) is 32.7 Å². The molecule has 1 aromatic rings. The smallest absolute Gasteiger partial charge is 0.285 e. The van der Waals surface area contributed by atoms with Crippen LogP contribution in [0.15, 0.2) is 22.7 Å². The number of nitrogens with zero attached hydrogens (tertiary/aromatic N) is 2. The minimum atomic E-state index is -0.361. The fraction of sp³-hybridized carbons (Fsp3) is 0.600. The van der Waals surface area contributed by atoms with E-state index in [1.165, 1.54) is 12.8 Å². The van der Waals surface area contributed by atoms with Crippen LogP contribution in [0.1, 0.15) is 26.7 Å². The largest absolute Gasteiger partial charge is 0.382 e. The standard InChI is InChI=1S/C15H22BrN3O2/c1-3-18-8-6-12(7-9-18)11(2)17-13-4-5-14(16)15(10-13)19(20)21/h4-5,10-12,17H,3,6-9H2,1-2H3. The van der Waals surface area contributed by atoms with Crippen LogP contribution in [-0.2, 0) is 0 Å². The molecule has 1 unspecified atom stereocenters. The number of halogens is 1. The molecule has 1 aliphatic rings. The number of hydrogen-bond donors (Lipinski definition) is 1. The first kappa shape index (κ1) is 16.2. The Morgan fingerprint density at radius 2 is 2.14 bits per heavy atom. The molecule has 1 fully saturated rings. The highest BCUT2D eigenvalue weighted by molar-refractivity contribution is 9.10. The number of nitro benzene ring substituents is 1. The van der Waals surface area contributed by atoms with E-state index in [-0.39, 0.29) is 10.6 Å². The number of benzene rings is 1. The second-order valence-electron chi connectivity index (χ2n) is 5.63. The third kappa shape index (κ3) is 4.17. The quantitative estimate of drug-likeness (QED) is 0.642. The third-order valence-electron chi connectivity index (χ3n) is 4.32. The van der Waals surface area contributed by atoms with Crippen LogP contribution in [0.25, 0.3) is 0 Å². The minimum Gasteiger partial charge on any atom is -0.382 e. The van der Waals surface area contributed by atoms with E-state index in [4.69, 9.17) is 0 Å². The van der Waals surface area contributed by atoms with Gasteiger partial charge < -0.3 is 10.2 Å². The zero-order valence-corrected chi connectivity index (χ0v) is 14.1. The van der Waals surface area contributed by atoms with Gasteiger partial charge in [-0.05, 0) is 73.4 Å². The van der Waals surface area contributed by atoms with Gasteiger partial charge in [-0.1, -0.05) is 6.92 Å². The zero-order valence-electron chi connectivity index (χ0n) is 12.5. The van der Waals surface area contributed by atoms with Gasteiger partial charge in [-0.25, -0.2) is 0 Å². The summed E-state index contributed by atoms with van der Waals surface area (Å²) in [6.07, 6.45) is 2.36. The first-order valence-corrected chi connectivity index (χ1v) is 8.23. The molecule has 0 aliphatic carbocycles. The Labute approximate surface area is 134 Å². The summed E-state index contributed by atoms with van der Waals surface area (Å²) in [5.74, 6) is 0.621. The van der Waals surface area contributed by atoms with Crippen LogP contribution in [0.2, 0.25) is 0 Å². The Balaban J connectivity index is 1.98. The number of nitrogens with one attached hydrogen (secondary N) is 1. The molecule has 0 spiro atoms. The average Bonchev–Trinajstić information content (AvgIpc) is 2.49. The summed E-state index contributed by atoms with van der Waals surface area (Å²) in [7, 11) is 0. The molecule has 0 bridgehead atoms. The van der Waals surface area contributed by atoms with E-state index in [1.54, 1.807) is 12.1 Å². The highest BCUT2D eigenvalue weighted by Gasteiger charge is 2.23. The Morgan fingerprint density at radius 3 is 2.71 bits per heavy atom. The minimum absolute atomic E-state index is 0.105. The molecular formula is C15H22BrN3O2. The Morgan fingerprint density at radius 1 is 1.48 bits per heavy atom. The highest BCUT2D eigenvalue weighted by atomic mass is 79.9. The molecule has 2 rings (SSSR count). The van der Waals surface area contributed by atoms with Crippen LogP contribution in [0, 0.1) is 16.0 Å². The molecule has 0 saturated carbocycles. The van der Waals surface area contributed by atoms with E-state index in [0.717, 1.165) is 25.3 Å². The van der Waals surface area contributed by atoms with Crippen molar-refractivity contribution in [2.24, 2.45) is 5.92 Å². The van der Waals surface area contributed by atoms with Crippen LogP contribution < -0.4 is 5.32 Å². The molecule has 0 aromatic heterocycles. The van der Waals surface area contributed by atoms with Gasteiger partial charge in [0.15, 0.2) is 0 Å². The van der Waals surface area contributed by atoms with Gasteiger partial charge in [-0.15, -0.1) is 0 Å². The molecular weight excluding hydrogens is 334 g/mol. The number of rotatable bonds is 5. The highest BCUT2D eigenvalue weighted by Crippen LogP contribution is 2.29. The Hall–Kier alpha value is -1.14. The molecule has 5 nitrogen and oxygen atoms in total. The maximum Gasteiger partial charge on any atom is 0.285 e. The van der Waals surface area contributed by atoms with Gasteiger partial charge in [0.1, 0.15) is 0 Å². The summed E-state index contributed by atoms with van der Waals surface area (Å²) in [6.45, 7) is 7.78. The molecule has 1 saturated heterocycles. The molecule has 21 heavy (non-hydrogen) atoms. The van der Waals surface area contributed by atoms with Crippen LogP contribution in [0.3, 0.4) is 0 Å². The average molecular weight is 356 g/mol. The number of piperidine rings is 1. The first-order valence-electron chi connectivity index (χ1n) is 7.44. The Kier molecular flexibility index (Phi) is 5.58. The maximum absolute atomic E-state index is 11.0. The van der Waals surface area contributed by atoms with Crippen LogP contribution >= 0.6 is 15.9 Å². The van der Waals surface area contributed by atoms with Crippen molar-refractivity contribution in [3.05, 3.63) is 32.8 Å². The molecule has 6 heteroatoms. The number of hydrogen-bond acceptors (Lipinski definition) is 4. The van der Waals surface area contributed by atoms with Gasteiger partial charge in [-0.2, -0.15) is 0 Å². The number of likely N-dealkylation sites (tertiary alicyclic amines) is 1. The zero-order chi connectivity index (χ0) is 15.4. The lowest BCUT2D eigenvalue weighted by Crippen LogP contribution is -2.39. The molecule has 116 valence electrons. The second-order valence-corrected chi connectivity index (χ2v) is 6.48. The fourth-order valence-corrected chi connectivity index (χ4v) is 3.28. The predicted octanol–water partition coefficient (Wildman–Crippen LogP) is 3.89. The third-order valence-corrected chi connectivity index (χ3v) is 4.99. The van der Waals surface area contributed by atoms with E-state index in [9.17, 15) is 10.1 Å². The van der Waals surface area contributed by atoms with Crippen molar-refractivity contribution >= 4 is 27.3 Å². The van der Waals surface area contributed by atoms with Gasteiger partial charge in [0, 0.05) is 17.8 Å². The van der Waals surface area contributed by atoms with E-state index in [2.05, 4.69) is 40.0 Å². The lowest BCUT2D eigenvalue weighted by Gasteiger charge is -2.34. The van der Waals surface area contributed by atoms with Gasteiger partial charge in [0.05, 0.1) is 9.40 Å². The van der Waals surface area contributed by atoms with Crippen LogP contribution in [-0.4, -0.2) is 35.5 Å². The number of nitro groups is 1. The van der Waals surface area contributed by atoms with E-state index >= 15 is 0 Å². The fourth-order valence-electron chi connectivity index (χ4n) is 2.89. The van der Waals surface area contributed by atoms with Gasteiger partial charge in [-0.3, -0.25) is 10.1 Å². The molecule has 1 N–H and O–H groups in total. The van der Waals surface area contributed by atoms with Crippen LogP contribution in [0.4, 0.5) is 11.4 Å². The van der Waals surface area contributed by atoms with Crippen molar-refractivity contribution in [3.8, 4) is 0 Å². The van der Waals surface area contributed by atoms with Gasteiger partial charge in [0.25, 0.3) is 5.69 Å². The normalized spacial score (nSPS) is 18.4. The summed E-state index contributed by atoms with van der Waals surface area (Å²) in [5, 5.41) is 14.4. The summed E-state index contributed by atoms with van der Waals surface area (Å²) >= 11 is 3.21. The molecule has 1 heterocycles. The van der Waals surface area contributed by atoms with Crippen molar-refractivity contribution < 1.29 is 4.92 Å².